The average Bonchev–Trinajstić information content (AvgIpc) is 2.83. The molecule has 1 heterocycles. The van der Waals surface area contributed by atoms with Gasteiger partial charge >= 0.3 is 0 Å². The normalized spacial score (nSPS) is 15.9. The largest absolute Gasteiger partial charge is 0.244 e. The molecule has 90 valence electrons. The van der Waals surface area contributed by atoms with Crippen LogP contribution in [0.25, 0.3) is 11.3 Å². The van der Waals surface area contributed by atoms with E-state index in [9.17, 15) is 0 Å². The quantitative estimate of drug-likeness (QED) is 0.511. The molecule has 0 spiro atoms. The number of nitrogens with zero attached hydrogens (tertiary/aromatic N) is 2. The number of aromatic nitrogens is 2. The summed E-state index contributed by atoms with van der Waals surface area (Å²) in [6.07, 6.45) is 3.57. The molecule has 4 rings (SSSR count). The zero-order chi connectivity index (χ0) is 12.7. The van der Waals surface area contributed by atoms with Gasteiger partial charge in [-0.15, -0.1) is 0 Å². The van der Waals surface area contributed by atoms with Crippen molar-refractivity contribution in [3.05, 3.63) is 83.8 Å². The lowest BCUT2D eigenvalue weighted by Crippen LogP contribution is -1.99. The van der Waals surface area contributed by atoms with Gasteiger partial charge in [-0.1, -0.05) is 54.6 Å². The van der Waals surface area contributed by atoms with Crippen molar-refractivity contribution < 1.29 is 0 Å². The summed E-state index contributed by atoms with van der Waals surface area (Å²) >= 11 is 0. The Labute approximate surface area is 111 Å². The molecule has 1 aliphatic rings. The second-order valence-corrected chi connectivity index (χ2v) is 4.76. The highest BCUT2D eigenvalue weighted by Gasteiger charge is 2.30. The summed E-state index contributed by atoms with van der Waals surface area (Å²) in [5.41, 5.74) is 6.12. The molecule has 0 saturated heterocycles. The molecule has 0 saturated carbocycles. The van der Waals surface area contributed by atoms with Crippen molar-refractivity contribution >= 4 is 0 Å². The number of rotatable bonds is 1. The van der Waals surface area contributed by atoms with Crippen molar-refractivity contribution in [2.24, 2.45) is 0 Å². The summed E-state index contributed by atoms with van der Waals surface area (Å²) in [7, 11) is 0. The summed E-state index contributed by atoms with van der Waals surface area (Å²) in [6, 6.07) is 19.0. The molecule has 0 N–H and O–H groups in total. The van der Waals surface area contributed by atoms with Crippen molar-refractivity contribution in [1.29, 1.82) is 0 Å². The van der Waals surface area contributed by atoms with Crippen LogP contribution in [0, 0.1) is 0 Å². The van der Waals surface area contributed by atoms with Gasteiger partial charge in [-0.3, -0.25) is 0 Å². The summed E-state index contributed by atoms with van der Waals surface area (Å²) in [4.78, 5) is 8.67. The number of fused-ring (bicyclic) bond motifs is 3. The maximum Gasteiger partial charge on any atom is 0.116 e. The van der Waals surface area contributed by atoms with Crippen molar-refractivity contribution in [3.8, 4) is 11.3 Å². The highest BCUT2D eigenvalue weighted by molar-refractivity contribution is 5.77. The molecule has 0 bridgehead atoms. The van der Waals surface area contributed by atoms with E-state index in [-0.39, 0.29) is 5.92 Å². The number of benzene rings is 2. The molecular formula is C17H12N2. The van der Waals surface area contributed by atoms with Gasteiger partial charge in [0.1, 0.15) is 6.33 Å². The summed E-state index contributed by atoms with van der Waals surface area (Å²) in [5.74, 6) is 0.258. The Morgan fingerprint density at radius 1 is 0.789 bits per heavy atom. The van der Waals surface area contributed by atoms with Gasteiger partial charge in [-0.05, 0) is 11.1 Å². The molecule has 1 unspecified atom stereocenters. The van der Waals surface area contributed by atoms with Gasteiger partial charge in [0.15, 0.2) is 0 Å². The molecule has 1 aliphatic carbocycles. The van der Waals surface area contributed by atoms with Crippen LogP contribution in [0.15, 0.2) is 67.1 Å². The van der Waals surface area contributed by atoms with Gasteiger partial charge in [-0.25, -0.2) is 9.97 Å². The van der Waals surface area contributed by atoms with Crippen LogP contribution in [0.3, 0.4) is 0 Å². The fourth-order valence-corrected chi connectivity index (χ4v) is 2.91. The summed E-state index contributed by atoms with van der Waals surface area (Å²) < 4.78 is 0. The van der Waals surface area contributed by atoms with E-state index in [1.165, 1.54) is 22.3 Å². The SMILES string of the molecule is c1ccc(C2c3ccccc3-c3ncncc32)cc1. The van der Waals surface area contributed by atoms with Gasteiger partial charge in [-0.2, -0.15) is 0 Å². The summed E-state index contributed by atoms with van der Waals surface area (Å²) in [6.45, 7) is 0. The minimum Gasteiger partial charge on any atom is -0.244 e. The van der Waals surface area contributed by atoms with Crippen LogP contribution in [-0.2, 0) is 0 Å². The van der Waals surface area contributed by atoms with E-state index in [4.69, 9.17) is 0 Å². The molecule has 0 fully saturated rings. The van der Waals surface area contributed by atoms with E-state index in [1.54, 1.807) is 6.33 Å². The lowest BCUT2D eigenvalue weighted by molar-refractivity contribution is 0.987. The van der Waals surface area contributed by atoms with Crippen LogP contribution in [0.5, 0.6) is 0 Å². The maximum atomic E-state index is 4.47. The molecule has 0 radical (unpaired) electrons. The van der Waals surface area contributed by atoms with Gasteiger partial charge in [0.05, 0.1) is 5.69 Å². The van der Waals surface area contributed by atoms with Crippen LogP contribution in [-0.4, -0.2) is 9.97 Å². The lowest BCUT2D eigenvalue weighted by Gasteiger charge is -2.13. The van der Waals surface area contributed by atoms with Gasteiger partial charge < -0.3 is 0 Å². The predicted octanol–water partition coefficient (Wildman–Crippen LogP) is 3.64. The number of hydrogen-bond donors (Lipinski definition) is 0. The molecule has 0 amide bonds. The highest BCUT2D eigenvalue weighted by atomic mass is 14.8. The Balaban J connectivity index is 2.02. The molecule has 2 heteroatoms. The Morgan fingerprint density at radius 2 is 1.58 bits per heavy atom. The third-order valence-electron chi connectivity index (χ3n) is 3.71. The first-order valence-electron chi connectivity index (χ1n) is 6.39. The first kappa shape index (κ1) is 10.4. The zero-order valence-corrected chi connectivity index (χ0v) is 10.3. The Morgan fingerprint density at radius 3 is 2.47 bits per heavy atom. The van der Waals surface area contributed by atoms with Crippen LogP contribution >= 0.6 is 0 Å². The van der Waals surface area contributed by atoms with E-state index in [0.29, 0.717) is 0 Å². The van der Waals surface area contributed by atoms with Crippen molar-refractivity contribution in [2.45, 2.75) is 5.92 Å². The minimum atomic E-state index is 0.258. The van der Waals surface area contributed by atoms with Gasteiger partial charge in [0, 0.05) is 23.2 Å². The standard InChI is InChI=1S/C17H12N2/c1-2-6-12(7-3-1)16-13-8-4-5-9-14(13)17-15(16)10-18-11-19-17/h1-11,16H. The van der Waals surface area contributed by atoms with E-state index < -0.39 is 0 Å². The fourth-order valence-electron chi connectivity index (χ4n) is 2.91. The van der Waals surface area contributed by atoms with E-state index in [1.807, 2.05) is 12.3 Å². The van der Waals surface area contributed by atoms with Crippen molar-refractivity contribution in [3.63, 3.8) is 0 Å². The van der Waals surface area contributed by atoms with E-state index in [2.05, 4.69) is 58.5 Å². The Bertz CT molecular complexity index is 690. The maximum absolute atomic E-state index is 4.47. The molecule has 19 heavy (non-hydrogen) atoms. The fraction of sp³-hybridized carbons (Fsp3) is 0.0588. The second-order valence-electron chi connectivity index (χ2n) is 4.76. The molecular weight excluding hydrogens is 232 g/mol. The number of hydrogen-bond acceptors (Lipinski definition) is 2. The molecule has 2 nitrogen and oxygen atoms in total. The van der Waals surface area contributed by atoms with Crippen molar-refractivity contribution in [2.75, 3.05) is 0 Å². The lowest BCUT2D eigenvalue weighted by atomic mass is 9.90. The molecule has 0 aliphatic heterocycles. The van der Waals surface area contributed by atoms with Crippen molar-refractivity contribution in [1.82, 2.24) is 9.97 Å². The van der Waals surface area contributed by atoms with E-state index in [0.717, 1.165) is 5.69 Å². The third kappa shape index (κ3) is 1.50. The summed E-state index contributed by atoms with van der Waals surface area (Å²) in [5, 5.41) is 0. The second kappa shape index (κ2) is 4.02. The average molecular weight is 244 g/mol. The minimum absolute atomic E-state index is 0.258. The molecule has 1 atom stereocenters. The van der Waals surface area contributed by atoms with Crippen LogP contribution in [0.1, 0.15) is 22.6 Å². The highest BCUT2D eigenvalue weighted by Crippen LogP contribution is 2.46. The first-order valence-corrected chi connectivity index (χ1v) is 6.39. The smallest absolute Gasteiger partial charge is 0.116 e. The molecule has 2 aromatic carbocycles. The topological polar surface area (TPSA) is 25.8 Å². The Hall–Kier alpha value is -2.48. The van der Waals surface area contributed by atoms with Gasteiger partial charge in [0.2, 0.25) is 0 Å². The van der Waals surface area contributed by atoms with Crippen LogP contribution in [0.2, 0.25) is 0 Å². The molecule has 3 aromatic rings. The van der Waals surface area contributed by atoms with E-state index >= 15 is 0 Å². The Kier molecular flexibility index (Phi) is 2.21. The monoisotopic (exact) mass is 244 g/mol. The predicted molar refractivity (Wildman–Crippen MR) is 74.9 cm³/mol. The molecule has 1 aromatic heterocycles. The van der Waals surface area contributed by atoms with Crippen LogP contribution in [0.4, 0.5) is 0 Å². The van der Waals surface area contributed by atoms with Crippen LogP contribution < -0.4 is 0 Å². The zero-order valence-electron chi connectivity index (χ0n) is 10.3. The van der Waals surface area contributed by atoms with Gasteiger partial charge in [0.25, 0.3) is 0 Å². The third-order valence-corrected chi connectivity index (χ3v) is 3.71. The first-order chi connectivity index (χ1) is 9.45.